The van der Waals surface area contributed by atoms with Gasteiger partial charge in [-0.05, 0) is 31.5 Å². The first-order valence-corrected chi connectivity index (χ1v) is 12.7. The van der Waals surface area contributed by atoms with E-state index in [9.17, 15) is 35.9 Å². The smallest absolute Gasteiger partial charge is 0.449 e. The molecule has 3 aromatic rings. The predicted octanol–water partition coefficient (Wildman–Crippen LogP) is 2.45. The van der Waals surface area contributed by atoms with E-state index in [-0.39, 0.29) is 29.1 Å². The summed E-state index contributed by atoms with van der Waals surface area (Å²) >= 11 is 0. The van der Waals surface area contributed by atoms with Crippen molar-refractivity contribution in [3.8, 4) is 0 Å². The number of rotatable bonds is 9. The van der Waals surface area contributed by atoms with Crippen LogP contribution in [0.2, 0.25) is 0 Å². The lowest BCUT2D eigenvalue weighted by Crippen LogP contribution is -2.33. The van der Waals surface area contributed by atoms with Crippen LogP contribution < -0.4 is 10.5 Å². The monoisotopic (exact) mass is 561 g/mol. The van der Waals surface area contributed by atoms with Crippen molar-refractivity contribution in [2.75, 3.05) is 11.9 Å². The minimum Gasteiger partial charge on any atom is -0.454 e. The highest BCUT2D eigenvalue weighted by Crippen LogP contribution is 2.34. The Morgan fingerprint density at radius 3 is 2.76 bits per heavy atom. The Balaban J connectivity index is 1.49. The number of carbonyl (C=O) groups excluding carboxylic acids is 1. The molecule has 0 saturated heterocycles. The van der Waals surface area contributed by atoms with Crippen LogP contribution in [0.15, 0.2) is 47.5 Å². The molecule has 5 atom stereocenters. The first kappa shape index (κ1) is 27.7. The Hall–Kier alpha value is -3.34. The van der Waals surface area contributed by atoms with Crippen molar-refractivity contribution < 1.29 is 44.5 Å². The molecule has 0 amide bonds. The second-order valence-electron chi connectivity index (χ2n) is 8.80. The maximum atomic E-state index is 14.8. The molecule has 0 bridgehead atoms. The molecular weight excluding hydrogens is 538 g/mol. The van der Waals surface area contributed by atoms with E-state index in [2.05, 4.69) is 19.5 Å². The van der Waals surface area contributed by atoms with E-state index >= 15 is 0 Å². The van der Waals surface area contributed by atoms with Gasteiger partial charge in [-0.3, -0.25) is 8.98 Å². The van der Waals surface area contributed by atoms with Crippen molar-refractivity contribution in [2.45, 2.75) is 43.9 Å². The summed E-state index contributed by atoms with van der Waals surface area (Å²) in [6, 6.07) is 1.77. The Labute approximate surface area is 213 Å². The van der Waals surface area contributed by atoms with Gasteiger partial charge in [0, 0.05) is 30.1 Å². The molecule has 16 heteroatoms. The molecule has 0 radical (unpaired) electrons. The third-order valence-corrected chi connectivity index (χ3v) is 6.68. The van der Waals surface area contributed by atoms with Crippen LogP contribution in [0, 0.1) is 5.92 Å². The first-order chi connectivity index (χ1) is 17.7. The van der Waals surface area contributed by atoms with E-state index in [1.807, 2.05) is 0 Å². The minimum atomic E-state index is -4.63. The summed E-state index contributed by atoms with van der Waals surface area (Å²) in [5, 5.41) is 17.7. The van der Waals surface area contributed by atoms with Crippen LogP contribution in [0.1, 0.15) is 46.8 Å². The molecule has 4 rings (SSSR count). The highest BCUT2D eigenvalue weighted by atomic mass is 32.2. The molecule has 0 aliphatic heterocycles. The fraction of sp³-hybridized carbons (Fsp3) is 0.409. The quantitative estimate of drug-likeness (QED) is 0.263. The summed E-state index contributed by atoms with van der Waals surface area (Å²) in [6.45, 7) is 1.06. The van der Waals surface area contributed by atoms with Crippen molar-refractivity contribution in [3.63, 3.8) is 0 Å². The number of hydrogen-bond acceptors (Lipinski definition) is 9. The molecule has 1 aliphatic rings. The van der Waals surface area contributed by atoms with Gasteiger partial charge in [0.15, 0.2) is 5.78 Å². The van der Waals surface area contributed by atoms with Crippen LogP contribution in [-0.2, 0) is 20.7 Å². The van der Waals surface area contributed by atoms with Crippen LogP contribution >= 0.6 is 0 Å². The largest absolute Gasteiger partial charge is 0.454 e. The second-order valence-corrected chi connectivity index (χ2v) is 10.0. The van der Waals surface area contributed by atoms with Crippen molar-refractivity contribution in [2.24, 2.45) is 11.1 Å². The standard InChI is InChI=1S/C22H23F4N5O6S/c1-11(16-2-3-17(37-16)22(24,25)26)31-5-4-12(8-31)19(32)14-7-28-10-29-21(14)30-15-6-13(20(33)18(15)23)9-36-38(27,34)35/h2-5,7-8,10-11,13,15,18,20,33H,6,9H2,1H3,(H2,27,34,35)(H,28,29,30)/t11?,13-,15?,18-,20-/m1/s1. The van der Waals surface area contributed by atoms with Gasteiger partial charge in [-0.1, -0.05) is 0 Å². The van der Waals surface area contributed by atoms with E-state index in [4.69, 9.17) is 9.56 Å². The zero-order valence-electron chi connectivity index (χ0n) is 19.7. The zero-order valence-corrected chi connectivity index (χ0v) is 20.5. The molecule has 1 saturated carbocycles. The van der Waals surface area contributed by atoms with Gasteiger partial charge < -0.3 is 19.4 Å². The molecule has 0 spiro atoms. The number of halogens is 4. The number of aliphatic hydroxyl groups is 1. The third-order valence-electron chi connectivity index (χ3n) is 6.22. The average molecular weight is 562 g/mol. The highest BCUT2D eigenvalue weighted by Gasteiger charge is 2.44. The Kier molecular flexibility index (Phi) is 7.60. The van der Waals surface area contributed by atoms with Gasteiger partial charge >= 0.3 is 16.5 Å². The van der Waals surface area contributed by atoms with Gasteiger partial charge in [-0.15, -0.1) is 0 Å². The van der Waals surface area contributed by atoms with Crippen LogP contribution in [0.3, 0.4) is 0 Å². The Morgan fingerprint density at radius 2 is 2.11 bits per heavy atom. The number of nitrogens with one attached hydrogen (secondary N) is 1. The van der Waals surface area contributed by atoms with E-state index in [1.54, 1.807) is 6.92 Å². The van der Waals surface area contributed by atoms with Gasteiger partial charge in [-0.25, -0.2) is 19.5 Å². The zero-order chi connectivity index (χ0) is 27.8. The molecule has 3 aromatic heterocycles. The molecule has 2 unspecified atom stereocenters. The maximum absolute atomic E-state index is 14.8. The molecule has 0 aromatic carbocycles. The molecule has 3 heterocycles. The summed E-state index contributed by atoms with van der Waals surface area (Å²) in [7, 11) is -4.28. The SMILES string of the molecule is CC(c1ccc(C(F)(F)F)o1)n1ccc(C(=O)c2cncnc2NC2C[C@H](COS(N)(=O)=O)[C@@H](O)[C@@H]2F)c1. The van der Waals surface area contributed by atoms with Gasteiger partial charge in [-0.2, -0.15) is 21.6 Å². The lowest BCUT2D eigenvalue weighted by Gasteiger charge is -2.18. The molecule has 38 heavy (non-hydrogen) atoms. The van der Waals surface area contributed by atoms with Crippen LogP contribution in [0.5, 0.6) is 0 Å². The fourth-order valence-corrected chi connectivity index (χ4v) is 4.55. The lowest BCUT2D eigenvalue weighted by atomic mass is 10.1. The van der Waals surface area contributed by atoms with Gasteiger partial charge in [0.2, 0.25) is 5.76 Å². The Bertz CT molecular complexity index is 1410. The van der Waals surface area contributed by atoms with Crippen molar-refractivity contribution in [1.82, 2.24) is 14.5 Å². The molecule has 1 fully saturated rings. The summed E-state index contributed by atoms with van der Waals surface area (Å²) < 4.78 is 86.3. The molecular formula is C22H23F4N5O6S. The first-order valence-electron chi connectivity index (χ1n) is 11.2. The number of aliphatic hydroxyl groups excluding tert-OH is 1. The van der Waals surface area contributed by atoms with Crippen LogP contribution in [-0.4, -0.2) is 58.8 Å². The van der Waals surface area contributed by atoms with Gasteiger partial charge in [0.05, 0.1) is 30.4 Å². The number of ketones is 1. The van der Waals surface area contributed by atoms with E-state index in [0.29, 0.717) is 0 Å². The number of nitrogens with two attached hydrogens (primary N) is 1. The van der Waals surface area contributed by atoms with Crippen molar-refractivity contribution in [3.05, 3.63) is 65.8 Å². The molecule has 4 N–H and O–H groups in total. The topological polar surface area (TPSA) is 163 Å². The Morgan fingerprint density at radius 1 is 1.37 bits per heavy atom. The molecule has 1 aliphatic carbocycles. The van der Waals surface area contributed by atoms with Crippen molar-refractivity contribution >= 4 is 21.9 Å². The molecule has 11 nitrogen and oxygen atoms in total. The number of furan rings is 1. The number of carbonyl (C=O) groups is 1. The number of alkyl halides is 4. The highest BCUT2D eigenvalue weighted by molar-refractivity contribution is 7.84. The fourth-order valence-electron chi connectivity index (χ4n) is 4.19. The average Bonchev–Trinajstić information content (AvgIpc) is 3.59. The van der Waals surface area contributed by atoms with Gasteiger partial charge in [0.25, 0.3) is 0 Å². The summed E-state index contributed by atoms with van der Waals surface area (Å²) in [5.41, 5.74) is 0.126. The summed E-state index contributed by atoms with van der Waals surface area (Å²) in [5.74, 6) is -2.58. The van der Waals surface area contributed by atoms with Crippen molar-refractivity contribution in [1.29, 1.82) is 0 Å². The van der Waals surface area contributed by atoms with Gasteiger partial charge in [0.1, 0.15) is 24.1 Å². The number of aromatic nitrogens is 3. The lowest BCUT2D eigenvalue weighted by molar-refractivity contribution is -0.153. The van der Waals surface area contributed by atoms with Crippen LogP contribution in [0.4, 0.5) is 23.4 Å². The second kappa shape index (κ2) is 10.4. The van der Waals surface area contributed by atoms with E-state index in [1.165, 1.54) is 35.3 Å². The maximum Gasteiger partial charge on any atom is 0.449 e. The van der Waals surface area contributed by atoms with Crippen LogP contribution in [0.25, 0.3) is 0 Å². The third kappa shape index (κ3) is 6.03. The summed E-state index contributed by atoms with van der Waals surface area (Å²) in [6.07, 6.45) is -2.82. The number of nitrogens with zero attached hydrogens (tertiary/aromatic N) is 3. The number of hydrogen-bond donors (Lipinski definition) is 3. The normalized spacial score (nSPS) is 22.9. The molecule has 206 valence electrons. The predicted molar refractivity (Wildman–Crippen MR) is 123 cm³/mol. The number of anilines is 1. The van der Waals surface area contributed by atoms with E-state index in [0.717, 1.165) is 12.4 Å². The minimum absolute atomic E-state index is 0.0267. The van der Waals surface area contributed by atoms with E-state index < -0.39 is 64.9 Å². The summed E-state index contributed by atoms with van der Waals surface area (Å²) in [4.78, 5) is 21.1.